The van der Waals surface area contributed by atoms with E-state index in [0.717, 1.165) is 17.8 Å². The van der Waals surface area contributed by atoms with Crippen molar-refractivity contribution < 1.29 is 5.11 Å². The fraction of sp³-hybridized carbons (Fsp3) is 0.900. The van der Waals surface area contributed by atoms with Crippen molar-refractivity contribution in [2.24, 2.45) is 34.0 Å². The summed E-state index contributed by atoms with van der Waals surface area (Å²) in [5.74, 6) is 2.48. The van der Waals surface area contributed by atoms with Gasteiger partial charge in [-0.2, -0.15) is 0 Å². The molecule has 0 aromatic heterocycles. The van der Waals surface area contributed by atoms with Gasteiger partial charge in [-0.3, -0.25) is 0 Å². The number of allylic oxidation sites excluding steroid dienone is 1. The van der Waals surface area contributed by atoms with Crippen molar-refractivity contribution in [3.63, 3.8) is 0 Å². The zero-order valence-corrected chi connectivity index (χ0v) is 14.0. The molecule has 0 saturated heterocycles. The van der Waals surface area contributed by atoms with Crippen LogP contribution < -0.4 is 0 Å². The smallest absolute Gasteiger partial charge is 0.0487 e. The van der Waals surface area contributed by atoms with E-state index in [0.29, 0.717) is 17.4 Å². The Kier molecular flexibility index (Phi) is 2.98. The Morgan fingerprint density at radius 3 is 2.67 bits per heavy atom. The summed E-state index contributed by atoms with van der Waals surface area (Å²) in [5, 5.41) is 10.1. The molecule has 6 atom stereocenters. The van der Waals surface area contributed by atoms with Crippen LogP contribution in [-0.4, -0.2) is 11.7 Å². The van der Waals surface area contributed by atoms with Gasteiger partial charge in [0, 0.05) is 6.61 Å². The quantitative estimate of drug-likeness (QED) is 0.677. The zero-order chi connectivity index (χ0) is 14.9. The van der Waals surface area contributed by atoms with Crippen LogP contribution in [0.5, 0.6) is 0 Å². The maximum Gasteiger partial charge on any atom is 0.0487 e. The number of aliphatic hydroxyl groups excluding tert-OH is 1. The third-order valence-corrected chi connectivity index (χ3v) is 8.54. The molecule has 1 heteroatoms. The minimum atomic E-state index is 0.182. The summed E-state index contributed by atoms with van der Waals surface area (Å²) in [5.41, 5.74) is 2.82. The molecular weight excluding hydrogens is 256 g/mol. The minimum absolute atomic E-state index is 0.182. The first-order valence-corrected chi connectivity index (χ1v) is 9.22. The lowest BCUT2D eigenvalue weighted by Gasteiger charge is -2.64. The molecular formula is C20H32O. The predicted molar refractivity (Wildman–Crippen MR) is 86.9 cm³/mol. The van der Waals surface area contributed by atoms with Crippen LogP contribution in [-0.2, 0) is 0 Å². The van der Waals surface area contributed by atoms with E-state index in [9.17, 15) is 5.11 Å². The lowest BCUT2D eigenvalue weighted by Crippen LogP contribution is -2.57. The fourth-order valence-electron chi connectivity index (χ4n) is 7.68. The van der Waals surface area contributed by atoms with Crippen LogP contribution in [0.15, 0.2) is 12.2 Å². The van der Waals surface area contributed by atoms with E-state index in [1.54, 1.807) is 5.57 Å². The SMILES string of the molecule is C=C1C[C@]23CC[C@H]4C(C)(CO)CCC[C@]4(C)[C@H]2CC[C@@H]1C3. The topological polar surface area (TPSA) is 20.2 Å². The summed E-state index contributed by atoms with van der Waals surface area (Å²) in [6, 6.07) is 0. The Balaban J connectivity index is 1.73. The van der Waals surface area contributed by atoms with E-state index in [4.69, 9.17) is 0 Å². The summed E-state index contributed by atoms with van der Waals surface area (Å²) in [7, 11) is 0. The predicted octanol–water partition coefficient (Wildman–Crippen LogP) is 4.95. The van der Waals surface area contributed by atoms with E-state index >= 15 is 0 Å². The van der Waals surface area contributed by atoms with Crippen molar-refractivity contribution in [2.45, 2.75) is 71.6 Å². The van der Waals surface area contributed by atoms with Crippen molar-refractivity contribution in [1.29, 1.82) is 0 Å². The van der Waals surface area contributed by atoms with Gasteiger partial charge in [0.15, 0.2) is 0 Å². The molecule has 4 aliphatic carbocycles. The molecule has 4 rings (SSSR count). The third kappa shape index (κ3) is 1.73. The van der Waals surface area contributed by atoms with Crippen molar-refractivity contribution in [1.82, 2.24) is 0 Å². The van der Waals surface area contributed by atoms with Gasteiger partial charge in [0.05, 0.1) is 0 Å². The summed E-state index contributed by atoms with van der Waals surface area (Å²) in [4.78, 5) is 0. The molecule has 1 unspecified atom stereocenters. The molecule has 4 fully saturated rings. The number of fused-ring (bicyclic) bond motifs is 3. The van der Waals surface area contributed by atoms with Gasteiger partial charge in [-0.25, -0.2) is 0 Å². The molecule has 0 amide bonds. The Bertz CT molecular complexity index is 468. The summed E-state index contributed by atoms with van der Waals surface area (Å²) in [6.45, 7) is 9.77. The number of rotatable bonds is 1. The highest BCUT2D eigenvalue weighted by atomic mass is 16.3. The molecule has 0 radical (unpaired) electrons. The maximum absolute atomic E-state index is 10.1. The first kappa shape index (κ1) is 14.3. The van der Waals surface area contributed by atoms with Gasteiger partial charge in [0.2, 0.25) is 0 Å². The van der Waals surface area contributed by atoms with Gasteiger partial charge in [-0.1, -0.05) is 32.4 Å². The molecule has 0 heterocycles. The highest BCUT2D eigenvalue weighted by Gasteiger charge is 2.63. The van der Waals surface area contributed by atoms with Gasteiger partial charge >= 0.3 is 0 Å². The molecule has 21 heavy (non-hydrogen) atoms. The van der Waals surface area contributed by atoms with Crippen LogP contribution in [0, 0.1) is 34.0 Å². The van der Waals surface area contributed by atoms with E-state index in [-0.39, 0.29) is 5.41 Å². The fourth-order valence-corrected chi connectivity index (χ4v) is 7.68. The van der Waals surface area contributed by atoms with E-state index in [1.165, 1.54) is 57.8 Å². The third-order valence-electron chi connectivity index (χ3n) is 8.54. The summed E-state index contributed by atoms with van der Waals surface area (Å²) >= 11 is 0. The first-order valence-electron chi connectivity index (χ1n) is 9.22. The average molecular weight is 288 g/mol. The van der Waals surface area contributed by atoms with Crippen molar-refractivity contribution in [2.75, 3.05) is 6.61 Å². The van der Waals surface area contributed by atoms with Gasteiger partial charge in [-0.05, 0) is 85.4 Å². The molecule has 4 aliphatic rings. The second-order valence-corrected chi connectivity index (χ2v) is 9.49. The second-order valence-electron chi connectivity index (χ2n) is 9.49. The largest absolute Gasteiger partial charge is 0.396 e. The van der Waals surface area contributed by atoms with E-state index in [2.05, 4.69) is 20.4 Å². The number of hydrogen-bond acceptors (Lipinski definition) is 1. The first-order chi connectivity index (χ1) is 9.94. The van der Waals surface area contributed by atoms with E-state index in [1.807, 2.05) is 0 Å². The Morgan fingerprint density at radius 2 is 1.90 bits per heavy atom. The van der Waals surface area contributed by atoms with Crippen LogP contribution in [0.2, 0.25) is 0 Å². The molecule has 2 bridgehead atoms. The molecule has 1 nitrogen and oxygen atoms in total. The minimum Gasteiger partial charge on any atom is -0.396 e. The Hall–Kier alpha value is -0.300. The Labute approximate surface area is 130 Å². The number of aliphatic hydroxyl groups is 1. The lowest BCUT2D eigenvalue weighted by atomic mass is 9.41. The molecule has 4 saturated carbocycles. The molecule has 0 aromatic rings. The van der Waals surface area contributed by atoms with Gasteiger partial charge in [0.25, 0.3) is 0 Å². The monoisotopic (exact) mass is 288 g/mol. The second kappa shape index (κ2) is 4.37. The molecule has 1 N–H and O–H groups in total. The van der Waals surface area contributed by atoms with Crippen LogP contribution >= 0.6 is 0 Å². The van der Waals surface area contributed by atoms with Crippen LogP contribution in [0.4, 0.5) is 0 Å². The van der Waals surface area contributed by atoms with Crippen molar-refractivity contribution in [3.05, 3.63) is 12.2 Å². The van der Waals surface area contributed by atoms with Crippen molar-refractivity contribution in [3.8, 4) is 0 Å². The normalized spacial score (nSPS) is 56.0. The van der Waals surface area contributed by atoms with Gasteiger partial charge in [-0.15, -0.1) is 0 Å². The molecule has 118 valence electrons. The zero-order valence-electron chi connectivity index (χ0n) is 14.0. The lowest BCUT2D eigenvalue weighted by molar-refractivity contribution is -0.158. The number of hydrogen-bond donors (Lipinski definition) is 1. The summed E-state index contributed by atoms with van der Waals surface area (Å²) < 4.78 is 0. The standard InChI is InChI=1S/C20H32O/c1-14-11-20-10-7-16-18(2,13-21)8-4-9-19(16,3)17(20)6-5-15(14)12-20/h15-17,21H,1,4-13H2,2-3H3/t15-,16+,17-,18?,19+,20+/m1/s1. The van der Waals surface area contributed by atoms with Crippen LogP contribution in [0.25, 0.3) is 0 Å². The van der Waals surface area contributed by atoms with E-state index < -0.39 is 0 Å². The Morgan fingerprint density at radius 1 is 1.10 bits per heavy atom. The average Bonchev–Trinajstić information content (AvgIpc) is 2.68. The maximum atomic E-state index is 10.1. The van der Waals surface area contributed by atoms with Crippen molar-refractivity contribution >= 4 is 0 Å². The van der Waals surface area contributed by atoms with Crippen LogP contribution in [0.3, 0.4) is 0 Å². The molecule has 0 aliphatic heterocycles. The highest BCUT2D eigenvalue weighted by Crippen LogP contribution is 2.72. The van der Waals surface area contributed by atoms with Gasteiger partial charge in [0.1, 0.15) is 0 Å². The van der Waals surface area contributed by atoms with Gasteiger partial charge < -0.3 is 5.11 Å². The molecule has 1 spiro atoms. The summed E-state index contributed by atoms with van der Waals surface area (Å²) in [6.07, 6.45) is 12.3. The van der Waals surface area contributed by atoms with Crippen LogP contribution in [0.1, 0.15) is 71.6 Å². The highest BCUT2D eigenvalue weighted by molar-refractivity contribution is 5.22. The molecule has 0 aromatic carbocycles.